The van der Waals surface area contributed by atoms with Crippen LogP contribution >= 0.6 is 0 Å². The number of carbonyl (C=O) groups is 1. The number of hydrogen-bond acceptors (Lipinski definition) is 6. The van der Waals surface area contributed by atoms with Crippen LogP contribution in [0.15, 0.2) is 39.9 Å². The molecular formula is C20H27N5O4. The highest BCUT2D eigenvalue weighted by atomic mass is 16.5. The van der Waals surface area contributed by atoms with Crippen molar-refractivity contribution in [3.05, 3.63) is 56.9 Å². The minimum atomic E-state index is -0.384. The van der Waals surface area contributed by atoms with E-state index in [4.69, 9.17) is 4.74 Å². The van der Waals surface area contributed by atoms with Crippen molar-refractivity contribution in [2.45, 2.75) is 6.54 Å². The smallest absolute Gasteiger partial charge is 0.330 e. The summed E-state index contributed by atoms with van der Waals surface area (Å²) in [5.74, 6) is -0.166. The number of benzene rings is 1. The van der Waals surface area contributed by atoms with Gasteiger partial charge in [-0.25, -0.2) is 4.79 Å². The third-order valence-corrected chi connectivity index (χ3v) is 5.00. The van der Waals surface area contributed by atoms with E-state index in [-0.39, 0.29) is 23.7 Å². The maximum Gasteiger partial charge on any atom is 0.330 e. The Labute approximate surface area is 169 Å². The lowest BCUT2D eigenvalue weighted by Gasteiger charge is -2.28. The van der Waals surface area contributed by atoms with Crippen molar-refractivity contribution in [2.24, 2.45) is 14.1 Å². The van der Waals surface area contributed by atoms with Gasteiger partial charge in [0.1, 0.15) is 0 Å². The minimum Gasteiger partial charge on any atom is -0.378 e. The molecule has 9 heteroatoms. The molecule has 0 radical (unpaired) electrons. The second kappa shape index (κ2) is 9.06. The summed E-state index contributed by atoms with van der Waals surface area (Å²) in [6.45, 7) is 3.62. The predicted octanol–water partition coefficient (Wildman–Crippen LogP) is -0.00890. The van der Waals surface area contributed by atoms with E-state index in [1.165, 1.54) is 17.7 Å². The normalized spacial score (nSPS) is 14.3. The summed E-state index contributed by atoms with van der Waals surface area (Å²) in [5, 5.41) is 2.88. The van der Waals surface area contributed by atoms with Crippen LogP contribution in [0.4, 0.5) is 11.4 Å². The van der Waals surface area contributed by atoms with Crippen LogP contribution in [0.25, 0.3) is 0 Å². The van der Waals surface area contributed by atoms with Gasteiger partial charge in [-0.05, 0) is 31.3 Å². The van der Waals surface area contributed by atoms with Gasteiger partial charge in [0.25, 0.3) is 5.56 Å². The summed E-state index contributed by atoms with van der Waals surface area (Å²) >= 11 is 0. The molecule has 1 aliphatic rings. The lowest BCUT2D eigenvalue weighted by molar-refractivity contribution is -0.117. The van der Waals surface area contributed by atoms with E-state index in [0.29, 0.717) is 12.2 Å². The number of ether oxygens (including phenoxy) is 1. The van der Waals surface area contributed by atoms with E-state index in [2.05, 4.69) is 10.2 Å². The molecular weight excluding hydrogens is 374 g/mol. The molecule has 1 N–H and O–H groups in total. The number of aromatic nitrogens is 2. The highest BCUT2D eigenvalue weighted by Crippen LogP contribution is 2.19. The molecule has 0 aliphatic carbocycles. The second-order valence-corrected chi connectivity index (χ2v) is 7.24. The zero-order valence-electron chi connectivity index (χ0n) is 17.1. The lowest BCUT2D eigenvalue weighted by atomic mass is 10.2. The first-order valence-electron chi connectivity index (χ1n) is 9.52. The average molecular weight is 401 g/mol. The van der Waals surface area contributed by atoms with E-state index in [0.717, 1.165) is 42.2 Å². The maximum atomic E-state index is 12.4. The summed E-state index contributed by atoms with van der Waals surface area (Å²) in [6.07, 6.45) is 0. The first-order valence-corrected chi connectivity index (χ1v) is 9.52. The molecule has 29 heavy (non-hydrogen) atoms. The molecule has 3 rings (SSSR count). The van der Waals surface area contributed by atoms with Crippen molar-refractivity contribution < 1.29 is 9.53 Å². The number of rotatable bonds is 6. The van der Waals surface area contributed by atoms with Gasteiger partial charge in [-0.2, -0.15) is 0 Å². The molecule has 1 aromatic heterocycles. The fraction of sp³-hybridized carbons (Fsp3) is 0.450. The Bertz CT molecular complexity index is 974. The summed E-state index contributed by atoms with van der Waals surface area (Å²) in [5.41, 5.74) is 1.65. The van der Waals surface area contributed by atoms with Gasteiger partial charge in [-0.3, -0.25) is 23.6 Å². The van der Waals surface area contributed by atoms with Gasteiger partial charge in [-0.1, -0.05) is 0 Å². The van der Waals surface area contributed by atoms with Crippen molar-refractivity contribution in [3.63, 3.8) is 0 Å². The summed E-state index contributed by atoms with van der Waals surface area (Å²) in [6, 6.07) is 9.15. The molecule has 0 spiro atoms. The van der Waals surface area contributed by atoms with Crippen molar-refractivity contribution in [3.8, 4) is 0 Å². The molecule has 0 bridgehead atoms. The Morgan fingerprint density at radius 2 is 1.76 bits per heavy atom. The molecule has 2 heterocycles. The van der Waals surface area contributed by atoms with Gasteiger partial charge < -0.3 is 15.0 Å². The summed E-state index contributed by atoms with van der Waals surface area (Å²) in [4.78, 5) is 40.2. The Morgan fingerprint density at radius 3 is 2.41 bits per heavy atom. The summed E-state index contributed by atoms with van der Waals surface area (Å²) < 4.78 is 7.83. The van der Waals surface area contributed by atoms with Crippen LogP contribution in [0.5, 0.6) is 0 Å². The topological polar surface area (TPSA) is 88.8 Å². The first kappa shape index (κ1) is 20.8. The van der Waals surface area contributed by atoms with Crippen molar-refractivity contribution in [1.29, 1.82) is 0 Å². The van der Waals surface area contributed by atoms with Crippen LogP contribution in [-0.4, -0.2) is 59.8 Å². The largest absolute Gasteiger partial charge is 0.378 e. The summed E-state index contributed by atoms with van der Waals surface area (Å²) in [7, 11) is 4.82. The SMILES string of the molecule is CN(CC(=O)Nc1ccc(N2CCOCC2)cc1)Cc1cc(=O)n(C)c(=O)n1C. The molecule has 1 saturated heterocycles. The zero-order valence-corrected chi connectivity index (χ0v) is 17.1. The number of nitrogens with one attached hydrogen (secondary N) is 1. The van der Waals surface area contributed by atoms with Gasteiger partial charge in [0.15, 0.2) is 0 Å². The van der Waals surface area contributed by atoms with Crippen molar-refractivity contribution in [1.82, 2.24) is 14.0 Å². The Balaban J connectivity index is 1.56. The molecule has 0 unspecified atom stereocenters. The first-order chi connectivity index (χ1) is 13.8. The number of morpholine rings is 1. The predicted molar refractivity (Wildman–Crippen MR) is 111 cm³/mol. The number of amides is 1. The third kappa shape index (κ3) is 5.12. The van der Waals surface area contributed by atoms with Crippen LogP contribution in [0, 0.1) is 0 Å². The van der Waals surface area contributed by atoms with Gasteiger partial charge in [0.05, 0.1) is 19.8 Å². The second-order valence-electron chi connectivity index (χ2n) is 7.24. The van der Waals surface area contributed by atoms with E-state index in [9.17, 15) is 14.4 Å². The number of anilines is 2. The minimum absolute atomic E-state index is 0.134. The molecule has 0 saturated carbocycles. The van der Waals surface area contributed by atoms with Crippen molar-refractivity contribution in [2.75, 3.05) is 50.1 Å². The van der Waals surface area contributed by atoms with Gasteiger partial charge in [0.2, 0.25) is 5.91 Å². The molecule has 1 aromatic carbocycles. The van der Waals surface area contributed by atoms with Gasteiger partial charge in [0, 0.05) is 56.9 Å². The molecule has 9 nitrogen and oxygen atoms in total. The van der Waals surface area contributed by atoms with E-state index >= 15 is 0 Å². The monoisotopic (exact) mass is 401 g/mol. The Hall–Kier alpha value is -2.91. The molecule has 2 aromatic rings. The van der Waals surface area contributed by atoms with Crippen LogP contribution in [0.1, 0.15) is 5.69 Å². The Kier molecular flexibility index (Phi) is 6.50. The van der Waals surface area contributed by atoms with Gasteiger partial charge in [-0.15, -0.1) is 0 Å². The van der Waals surface area contributed by atoms with E-state index < -0.39 is 0 Å². The van der Waals surface area contributed by atoms with Crippen LogP contribution in [0.3, 0.4) is 0 Å². The number of hydrogen-bond donors (Lipinski definition) is 1. The van der Waals surface area contributed by atoms with Crippen LogP contribution in [-0.2, 0) is 30.2 Å². The number of nitrogens with zero attached hydrogens (tertiary/aromatic N) is 4. The molecule has 1 aliphatic heterocycles. The molecule has 1 amide bonds. The Morgan fingerprint density at radius 1 is 1.10 bits per heavy atom. The van der Waals surface area contributed by atoms with E-state index in [1.54, 1.807) is 19.0 Å². The highest BCUT2D eigenvalue weighted by molar-refractivity contribution is 5.92. The van der Waals surface area contributed by atoms with Crippen LogP contribution < -0.4 is 21.5 Å². The van der Waals surface area contributed by atoms with Crippen LogP contribution in [0.2, 0.25) is 0 Å². The molecule has 156 valence electrons. The molecule has 0 atom stereocenters. The maximum absolute atomic E-state index is 12.4. The quantitative estimate of drug-likeness (QED) is 0.733. The zero-order chi connectivity index (χ0) is 21.0. The standard InChI is InChI=1S/C20H27N5O4/c1-22(13-17-12-19(27)24(3)20(28)23(17)2)14-18(26)21-15-4-6-16(7-5-15)25-8-10-29-11-9-25/h4-7,12H,8-11,13-14H2,1-3H3,(H,21,26). The van der Waals surface area contributed by atoms with Gasteiger partial charge >= 0.3 is 5.69 Å². The lowest BCUT2D eigenvalue weighted by Crippen LogP contribution is -2.40. The number of likely N-dealkylation sites (N-methyl/N-ethyl adjacent to an activating group) is 1. The van der Waals surface area contributed by atoms with E-state index in [1.807, 2.05) is 24.3 Å². The number of carbonyl (C=O) groups excluding carboxylic acids is 1. The fourth-order valence-electron chi connectivity index (χ4n) is 3.29. The van der Waals surface area contributed by atoms with Crippen molar-refractivity contribution >= 4 is 17.3 Å². The highest BCUT2D eigenvalue weighted by Gasteiger charge is 2.13. The third-order valence-electron chi connectivity index (χ3n) is 5.00. The molecule has 1 fully saturated rings. The average Bonchev–Trinajstić information content (AvgIpc) is 2.71. The fourth-order valence-corrected chi connectivity index (χ4v) is 3.29.